The van der Waals surface area contributed by atoms with Crippen LogP contribution in [-0.2, 0) is 16.2 Å². The predicted octanol–water partition coefficient (Wildman–Crippen LogP) is 6.18. The maximum atomic E-state index is 13.8. The van der Waals surface area contributed by atoms with E-state index in [0.717, 1.165) is 12.1 Å². The summed E-state index contributed by atoms with van der Waals surface area (Å²) < 4.78 is 119. The first-order chi connectivity index (χ1) is 19.5. The molecule has 0 radical (unpaired) electrons. The Morgan fingerprint density at radius 3 is 2.17 bits per heavy atom. The number of sulfonamides is 1. The molecule has 0 saturated heterocycles. The van der Waals surface area contributed by atoms with Crippen LogP contribution < -0.4 is 15.8 Å². The molecule has 1 unspecified atom stereocenters. The summed E-state index contributed by atoms with van der Waals surface area (Å²) in [6.07, 6.45) is -10.1. The SMILES string of the molecule is CC(Nc1nc(NC2(C(F)(F)F)CC2)c2nc(-c3ccc(F)cc3)ccc2n1)c1ccc(S(N)(=O)=O)c(C(F)(F)F)c1. The topological polar surface area (TPSA) is 123 Å². The molecule has 1 aliphatic carbocycles. The molecule has 0 amide bonds. The monoisotopic (exact) mass is 614 g/mol. The summed E-state index contributed by atoms with van der Waals surface area (Å²) in [6, 6.07) is 9.78. The molecule has 1 atom stereocenters. The number of rotatable bonds is 7. The van der Waals surface area contributed by atoms with Crippen molar-refractivity contribution in [1.29, 1.82) is 0 Å². The van der Waals surface area contributed by atoms with Gasteiger partial charge >= 0.3 is 12.4 Å². The first-order valence-electron chi connectivity index (χ1n) is 12.3. The average molecular weight is 615 g/mol. The molecule has 0 bridgehead atoms. The molecule has 2 aromatic carbocycles. The zero-order chi connectivity index (χ0) is 30.7. The van der Waals surface area contributed by atoms with Crippen LogP contribution in [0.1, 0.15) is 36.9 Å². The van der Waals surface area contributed by atoms with Crippen LogP contribution in [0.4, 0.5) is 42.5 Å². The fourth-order valence-corrected chi connectivity index (χ4v) is 5.08. The van der Waals surface area contributed by atoms with Gasteiger partial charge in [0.05, 0.1) is 27.7 Å². The van der Waals surface area contributed by atoms with Crippen LogP contribution in [0.5, 0.6) is 0 Å². The molecule has 1 saturated carbocycles. The van der Waals surface area contributed by atoms with Gasteiger partial charge in [-0.25, -0.2) is 27.9 Å². The second kappa shape index (κ2) is 10.0. The van der Waals surface area contributed by atoms with Gasteiger partial charge in [-0.15, -0.1) is 0 Å². The molecule has 8 nitrogen and oxygen atoms in total. The summed E-state index contributed by atoms with van der Waals surface area (Å²) in [5.41, 5.74) is -2.83. The first-order valence-corrected chi connectivity index (χ1v) is 13.8. The Balaban J connectivity index is 1.55. The highest BCUT2D eigenvalue weighted by molar-refractivity contribution is 7.89. The number of anilines is 2. The number of alkyl halides is 6. The number of primary sulfonamides is 1. The molecule has 4 N–H and O–H groups in total. The second-order valence-corrected chi connectivity index (χ2v) is 11.4. The number of nitrogens with zero attached hydrogens (tertiary/aromatic N) is 3. The van der Waals surface area contributed by atoms with Crippen molar-refractivity contribution >= 4 is 32.8 Å². The Morgan fingerprint density at radius 2 is 1.60 bits per heavy atom. The third-order valence-corrected chi connectivity index (χ3v) is 7.76. The molecular formula is C26H21F7N6O2S. The lowest BCUT2D eigenvalue weighted by molar-refractivity contribution is -0.151. The van der Waals surface area contributed by atoms with Crippen LogP contribution in [0.2, 0.25) is 0 Å². The van der Waals surface area contributed by atoms with E-state index < -0.39 is 50.2 Å². The third kappa shape index (κ3) is 5.81. The van der Waals surface area contributed by atoms with E-state index in [4.69, 9.17) is 5.14 Å². The fourth-order valence-electron chi connectivity index (χ4n) is 4.34. The normalized spacial score (nSPS) is 15.8. The van der Waals surface area contributed by atoms with Gasteiger partial charge in [0.25, 0.3) is 0 Å². The summed E-state index contributed by atoms with van der Waals surface area (Å²) in [6.45, 7) is 1.43. The number of nitrogens with two attached hydrogens (primary N) is 1. The summed E-state index contributed by atoms with van der Waals surface area (Å²) in [4.78, 5) is 11.8. The summed E-state index contributed by atoms with van der Waals surface area (Å²) >= 11 is 0. The molecule has 2 aromatic heterocycles. The van der Waals surface area contributed by atoms with Gasteiger partial charge in [0, 0.05) is 5.56 Å². The smallest absolute Gasteiger partial charge is 0.354 e. The molecular weight excluding hydrogens is 593 g/mol. The van der Waals surface area contributed by atoms with E-state index in [1.807, 2.05) is 0 Å². The minimum absolute atomic E-state index is 0.0117. The number of hydrogen-bond donors (Lipinski definition) is 3. The molecule has 0 aliphatic heterocycles. The summed E-state index contributed by atoms with van der Waals surface area (Å²) in [7, 11) is -4.69. The van der Waals surface area contributed by atoms with E-state index in [0.29, 0.717) is 17.3 Å². The van der Waals surface area contributed by atoms with Crippen LogP contribution >= 0.6 is 0 Å². The van der Waals surface area contributed by atoms with Crippen LogP contribution in [0, 0.1) is 5.82 Å². The Labute approximate surface area is 234 Å². The van der Waals surface area contributed by atoms with Crippen LogP contribution in [0.25, 0.3) is 22.3 Å². The predicted molar refractivity (Wildman–Crippen MR) is 139 cm³/mol. The Hall–Kier alpha value is -4.05. The minimum atomic E-state index is -5.04. The summed E-state index contributed by atoms with van der Waals surface area (Å²) in [5.74, 6) is -0.984. The number of fused-ring (bicyclic) bond motifs is 1. The Bertz CT molecular complexity index is 1770. The van der Waals surface area contributed by atoms with Crippen molar-refractivity contribution in [1.82, 2.24) is 15.0 Å². The van der Waals surface area contributed by atoms with Gasteiger partial charge in [-0.3, -0.25) is 0 Å². The van der Waals surface area contributed by atoms with Gasteiger partial charge in [-0.2, -0.15) is 31.3 Å². The highest BCUT2D eigenvalue weighted by Crippen LogP contribution is 2.51. The zero-order valence-electron chi connectivity index (χ0n) is 21.5. The van der Waals surface area contributed by atoms with Crippen LogP contribution in [0.15, 0.2) is 59.5 Å². The van der Waals surface area contributed by atoms with Gasteiger partial charge in [0.2, 0.25) is 16.0 Å². The second-order valence-electron chi connectivity index (χ2n) is 9.84. The maximum Gasteiger partial charge on any atom is 0.417 e. The van der Waals surface area contributed by atoms with Crippen LogP contribution in [0.3, 0.4) is 0 Å². The maximum absolute atomic E-state index is 13.8. The van der Waals surface area contributed by atoms with Gasteiger partial charge in [-0.1, -0.05) is 6.07 Å². The molecule has 4 aromatic rings. The van der Waals surface area contributed by atoms with Crippen molar-refractivity contribution in [3.8, 4) is 11.3 Å². The highest BCUT2D eigenvalue weighted by Gasteiger charge is 2.64. The third-order valence-electron chi connectivity index (χ3n) is 6.79. The Morgan fingerprint density at radius 1 is 0.929 bits per heavy atom. The number of hydrogen-bond acceptors (Lipinski definition) is 7. The van der Waals surface area contributed by atoms with E-state index in [1.54, 1.807) is 0 Å². The molecule has 42 heavy (non-hydrogen) atoms. The molecule has 1 aliphatic rings. The number of halogens is 7. The molecule has 1 fully saturated rings. The highest BCUT2D eigenvalue weighted by atomic mass is 32.2. The molecule has 16 heteroatoms. The number of pyridine rings is 1. The molecule has 2 heterocycles. The summed E-state index contributed by atoms with van der Waals surface area (Å²) in [5, 5.41) is 10.1. The van der Waals surface area contributed by atoms with E-state index in [2.05, 4.69) is 25.6 Å². The molecule has 5 rings (SSSR count). The number of aromatic nitrogens is 3. The van der Waals surface area contributed by atoms with Crippen molar-refractivity contribution in [2.24, 2.45) is 5.14 Å². The van der Waals surface area contributed by atoms with E-state index in [9.17, 15) is 39.2 Å². The molecule has 222 valence electrons. The lowest BCUT2D eigenvalue weighted by Crippen LogP contribution is -2.39. The van der Waals surface area contributed by atoms with E-state index >= 15 is 0 Å². The standard InChI is InChI=1S/C26H21F7N6O2S/c1-13(15-4-9-20(42(34,40)41)17(12-15)25(28,29)30)35-23-37-19-8-7-18(14-2-5-16(27)6-3-14)36-21(19)22(38-23)39-24(10-11-24)26(31,32)33/h2-9,12-13H,10-11H2,1H3,(H2,34,40,41)(H2,35,37,38,39). The van der Waals surface area contributed by atoms with E-state index in [-0.39, 0.29) is 41.2 Å². The van der Waals surface area contributed by atoms with Gasteiger partial charge in [0.1, 0.15) is 16.9 Å². The first kappa shape index (κ1) is 29.4. The van der Waals surface area contributed by atoms with Crippen molar-refractivity contribution in [2.75, 3.05) is 10.6 Å². The average Bonchev–Trinajstić information content (AvgIpc) is 3.69. The largest absolute Gasteiger partial charge is 0.417 e. The van der Waals surface area contributed by atoms with Crippen molar-refractivity contribution in [3.63, 3.8) is 0 Å². The Kier molecular flexibility index (Phi) is 7.04. The lowest BCUT2D eigenvalue weighted by atomic mass is 10.0. The van der Waals surface area contributed by atoms with Crippen molar-refractivity contribution in [3.05, 3.63) is 71.5 Å². The lowest BCUT2D eigenvalue weighted by Gasteiger charge is -2.23. The number of nitrogens with one attached hydrogen (secondary N) is 2. The van der Waals surface area contributed by atoms with Crippen molar-refractivity contribution < 1.29 is 39.2 Å². The van der Waals surface area contributed by atoms with Gasteiger partial charge in [0.15, 0.2) is 5.82 Å². The zero-order valence-corrected chi connectivity index (χ0v) is 22.3. The van der Waals surface area contributed by atoms with Gasteiger partial charge in [-0.05, 0) is 73.9 Å². The number of benzene rings is 2. The van der Waals surface area contributed by atoms with E-state index in [1.165, 1.54) is 43.3 Å². The van der Waals surface area contributed by atoms with Crippen molar-refractivity contribution in [2.45, 2.75) is 48.6 Å². The minimum Gasteiger partial charge on any atom is -0.354 e. The molecule has 0 spiro atoms. The fraction of sp³-hybridized carbons (Fsp3) is 0.269. The quantitative estimate of drug-likeness (QED) is 0.213. The van der Waals surface area contributed by atoms with Gasteiger partial charge < -0.3 is 10.6 Å². The van der Waals surface area contributed by atoms with Crippen LogP contribution in [-0.4, -0.2) is 35.1 Å².